The average molecular weight is 295 g/mol. The Bertz CT molecular complexity index is 510. The van der Waals surface area contributed by atoms with E-state index in [9.17, 15) is 0 Å². The van der Waals surface area contributed by atoms with E-state index in [1.54, 1.807) is 6.20 Å². The standard InChI is InChI=1S/C10H6IN3/c1-2-7-9(12-5-1)6-10-8(13-7)3-4-11-14-10/h1-6H. The highest BCUT2D eigenvalue weighted by atomic mass is 127. The maximum Gasteiger partial charge on any atom is 0.0970 e. The van der Waals surface area contributed by atoms with Crippen molar-refractivity contribution < 1.29 is 0 Å². The second-order valence-electron chi connectivity index (χ2n) is 2.91. The Balaban J connectivity index is 2.40. The molecular weight excluding hydrogens is 289 g/mol. The zero-order valence-corrected chi connectivity index (χ0v) is 9.34. The normalized spacial score (nSPS) is 13.7. The molecule has 3 nitrogen and oxygen atoms in total. The van der Waals surface area contributed by atoms with Gasteiger partial charge < -0.3 is 0 Å². The summed E-state index contributed by atoms with van der Waals surface area (Å²) in [6.45, 7) is 0. The van der Waals surface area contributed by atoms with Crippen molar-refractivity contribution in [3.8, 4) is 0 Å². The van der Waals surface area contributed by atoms with E-state index in [1.807, 2.05) is 18.2 Å². The number of pyridine rings is 2. The molecule has 2 aromatic heterocycles. The number of hydrogen-bond donors (Lipinski definition) is 0. The van der Waals surface area contributed by atoms with Gasteiger partial charge in [0.05, 0.1) is 22.4 Å². The Morgan fingerprint density at radius 2 is 2.21 bits per heavy atom. The van der Waals surface area contributed by atoms with Gasteiger partial charge in [-0.05, 0) is 28.4 Å². The van der Waals surface area contributed by atoms with Crippen LogP contribution in [0.25, 0.3) is 17.1 Å². The molecule has 3 rings (SSSR count). The van der Waals surface area contributed by atoms with Crippen LogP contribution in [0, 0.1) is 0 Å². The molecule has 0 N–H and O–H groups in total. The molecule has 68 valence electrons. The van der Waals surface area contributed by atoms with Gasteiger partial charge in [-0.25, -0.2) is 8.13 Å². The molecule has 0 bridgehead atoms. The minimum Gasteiger partial charge on any atom is -0.255 e. The number of hydrogen-bond acceptors (Lipinski definition) is 3. The molecular formula is C10H6IN3. The predicted molar refractivity (Wildman–Crippen MR) is 64.7 cm³/mol. The van der Waals surface area contributed by atoms with E-state index in [2.05, 4.69) is 23.3 Å². The third-order valence-corrected chi connectivity index (χ3v) is 3.49. The lowest BCUT2D eigenvalue weighted by molar-refractivity contribution is 1.31. The summed E-state index contributed by atoms with van der Waals surface area (Å²) in [6, 6.07) is 5.89. The van der Waals surface area contributed by atoms with E-state index in [4.69, 9.17) is 0 Å². The van der Waals surface area contributed by atoms with Crippen LogP contribution in [0.3, 0.4) is 0 Å². The smallest absolute Gasteiger partial charge is 0.0970 e. The summed E-state index contributed by atoms with van der Waals surface area (Å²) in [5.41, 5.74) is 3.82. The fourth-order valence-corrected chi connectivity index (χ4v) is 2.71. The van der Waals surface area contributed by atoms with Gasteiger partial charge in [-0.1, -0.05) is 0 Å². The van der Waals surface area contributed by atoms with Crippen LogP contribution in [-0.2, 0) is 0 Å². The van der Waals surface area contributed by atoms with E-state index in [0.717, 1.165) is 22.4 Å². The molecule has 0 radical (unpaired) electrons. The number of halogens is 1. The highest BCUT2D eigenvalue weighted by Crippen LogP contribution is 2.30. The van der Waals surface area contributed by atoms with Gasteiger partial charge in [0.15, 0.2) is 0 Å². The summed E-state index contributed by atoms with van der Waals surface area (Å²) in [6.07, 6.45) is 3.84. The second-order valence-corrected chi connectivity index (χ2v) is 4.67. The van der Waals surface area contributed by atoms with Crippen molar-refractivity contribution in [1.29, 1.82) is 0 Å². The van der Waals surface area contributed by atoms with Crippen LogP contribution in [0.2, 0.25) is 0 Å². The summed E-state index contributed by atoms with van der Waals surface area (Å²) in [7, 11) is 0. The zero-order chi connectivity index (χ0) is 9.38. The lowest BCUT2D eigenvalue weighted by Crippen LogP contribution is -1.87. The molecule has 0 spiro atoms. The fourth-order valence-electron chi connectivity index (χ4n) is 1.36. The molecule has 1 aliphatic heterocycles. The zero-order valence-electron chi connectivity index (χ0n) is 7.18. The molecule has 0 unspecified atom stereocenters. The van der Waals surface area contributed by atoms with Crippen LogP contribution in [0.1, 0.15) is 5.69 Å². The number of aromatic nitrogens is 2. The Morgan fingerprint density at radius 3 is 3.21 bits per heavy atom. The minimum absolute atomic E-state index is 0.154. The predicted octanol–water partition coefficient (Wildman–Crippen LogP) is 3.40. The van der Waals surface area contributed by atoms with Gasteiger partial charge in [0.25, 0.3) is 0 Å². The molecule has 0 fully saturated rings. The van der Waals surface area contributed by atoms with E-state index in [-0.39, 0.29) is 21.0 Å². The van der Waals surface area contributed by atoms with Crippen molar-refractivity contribution in [3.63, 3.8) is 0 Å². The molecule has 0 saturated heterocycles. The van der Waals surface area contributed by atoms with Crippen LogP contribution in [0.15, 0.2) is 31.6 Å². The van der Waals surface area contributed by atoms with Crippen LogP contribution < -0.4 is 0 Å². The molecule has 3 heterocycles. The summed E-state index contributed by atoms with van der Waals surface area (Å²) in [4.78, 5) is 8.75. The van der Waals surface area contributed by atoms with E-state index < -0.39 is 0 Å². The van der Waals surface area contributed by atoms with Gasteiger partial charge in [0, 0.05) is 27.2 Å². The Morgan fingerprint density at radius 1 is 1.21 bits per heavy atom. The van der Waals surface area contributed by atoms with Gasteiger partial charge in [0.1, 0.15) is 0 Å². The summed E-state index contributed by atoms with van der Waals surface area (Å²) < 4.78 is 6.59. The second kappa shape index (κ2) is 3.20. The molecule has 0 atom stereocenters. The maximum absolute atomic E-state index is 4.49. The van der Waals surface area contributed by atoms with Crippen molar-refractivity contribution in [2.24, 2.45) is 3.15 Å². The van der Waals surface area contributed by atoms with Crippen LogP contribution in [0.5, 0.6) is 0 Å². The van der Waals surface area contributed by atoms with Gasteiger partial charge in [-0.15, -0.1) is 0 Å². The Kier molecular flexibility index (Phi) is 1.86. The highest BCUT2D eigenvalue weighted by Gasteiger charge is 2.05. The van der Waals surface area contributed by atoms with Gasteiger partial charge in [-0.2, -0.15) is 0 Å². The molecule has 0 aromatic carbocycles. The van der Waals surface area contributed by atoms with Gasteiger partial charge in [-0.3, -0.25) is 4.98 Å². The lowest BCUT2D eigenvalue weighted by atomic mass is 10.2. The summed E-state index contributed by atoms with van der Waals surface area (Å²) in [5, 5.41) is 0. The van der Waals surface area contributed by atoms with Crippen molar-refractivity contribution in [2.75, 3.05) is 0 Å². The van der Waals surface area contributed by atoms with Crippen molar-refractivity contribution in [1.82, 2.24) is 9.97 Å². The summed E-state index contributed by atoms with van der Waals surface area (Å²) in [5.74, 6) is 0. The van der Waals surface area contributed by atoms with Crippen LogP contribution >= 0.6 is 21.0 Å². The third kappa shape index (κ3) is 1.26. The first-order valence-electron chi connectivity index (χ1n) is 4.19. The molecule has 0 amide bonds. The topological polar surface area (TPSA) is 38.1 Å². The highest BCUT2D eigenvalue weighted by molar-refractivity contribution is 14.2. The molecule has 2 aromatic rings. The lowest BCUT2D eigenvalue weighted by Gasteiger charge is -2.04. The first kappa shape index (κ1) is 8.16. The molecule has 4 heteroatoms. The van der Waals surface area contributed by atoms with Crippen molar-refractivity contribution in [2.45, 2.75) is 0 Å². The third-order valence-electron chi connectivity index (χ3n) is 2.01. The maximum atomic E-state index is 4.49. The Hall–Kier alpha value is -1.17. The van der Waals surface area contributed by atoms with Gasteiger partial charge in [0.2, 0.25) is 0 Å². The van der Waals surface area contributed by atoms with E-state index >= 15 is 0 Å². The van der Waals surface area contributed by atoms with Crippen molar-refractivity contribution >= 4 is 43.8 Å². The van der Waals surface area contributed by atoms with E-state index in [0.29, 0.717) is 0 Å². The molecule has 14 heavy (non-hydrogen) atoms. The molecule has 0 aliphatic carbocycles. The molecule has 1 aliphatic rings. The number of nitrogens with zero attached hydrogens (tertiary/aromatic N) is 3. The van der Waals surface area contributed by atoms with Crippen molar-refractivity contribution in [3.05, 3.63) is 34.2 Å². The first-order chi connectivity index (χ1) is 6.93. The number of rotatable bonds is 0. The SMILES string of the molecule is C1=Cc2nc3cccnc3cc2N=I1. The van der Waals surface area contributed by atoms with E-state index in [1.165, 1.54) is 0 Å². The Labute approximate surface area is 91.0 Å². The van der Waals surface area contributed by atoms with Gasteiger partial charge >= 0.3 is 0 Å². The average Bonchev–Trinajstić information content (AvgIpc) is 2.26. The largest absolute Gasteiger partial charge is 0.255 e. The first-order valence-corrected chi connectivity index (χ1v) is 6.41. The minimum atomic E-state index is -0.154. The monoisotopic (exact) mass is 295 g/mol. The van der Waals surface area contributed by atoms with Crippen LogP contribution in [0.4, 0.5) is 5.69 Å². The number of fused-ring (bicyclic) bond motifs is 2. The molecule has 0 saturated carbocycles. The quantitative estimate of drug-likeness (QED) is 0.699. The summed E-state index contributed by atoms with van der Waals surface area (Å²) >= 11 is -0.154. The van der Waals surface area contributed by atoms with Crippen LogP contribution in [-0.4, -0.2) is 9.97 Å². The fraction of sp³-hybridized carbons (Fsp3) is 0.